The number of aryl methyl sites for hydroxylation is 1. The highest BCUT2D eigenvalue weighted by Crippen LogP contribution is 2.18. The molecule has 0 bridgehead atoms. The van der Waals surface area contributed by atoms with Gasteiger partial charge in [0.25, 0.3) is 0 Å². The maximum atomic E-state index is 8.77. The molecule has 0 spiro atoms. The summed E-state index contributed by atoms with van der Waals surface area (Å²) in [6.45, 7) is 8.51. The zero-order valence-corrected chi connectivity index (χ0v) is 9.75. The number of rotatable bonds is 3. The normalized spacial score (nSPS) is 11.5. The molecule has 1 aromatic rings. The lowest BCUT2D eigenvalue weighted by Crippen LogP contribution is -1.96. The summed E-state index contributed by atoms with van der Waals surface area (Å²) in [7, 11) is 0. The topological polar surface area (TPSA) is 20.2 Å². The van der Waals surface area contributed by atoms with E-state index >= 15 is 0 Å². The Morgan fingerprint density at radius 2 is 1.93 bits per heavy atom. The minimum Gasteiger partial charge on any atom is -0.396 e. The molecule has 1 heteroatoms. The molecule has 1 rings (SSSR count). The van der Waals surface area contributed by atoms with E-state index in [1.807, 2.05) is 13.8 Å². The molecule has 0 aliphatic heterocycles. The zero-order valence-electron chi connectivity index (χ0n) is 9.75. The fourth-order valence-corrected chi connectivity index (χ4v) is 1.34. The monoisotopic (exact) mass is 194 g/mol. The molecule has 14 heavy (non-hydrogen) atoms. The summed E-state index contributed by atoms with van der Waals surface area (Å²) >= 11 is 0. The summed E-state index contributed by atoms with van der Waals surface area (Å²) in [5, 5.41) is 8.77. The van der Waals surface area contributed by atoms with E-state index in [0.717, 1.165) is 6.42 Å². The standard InChI is InChI=1S/C11H16O.C2H6/c1-9-4-3-5-11(8-9)10(2)6-7-12;1-2/h3-5,8,10,12H,6-7H2,1-2H3;1-2H3. The lowest BCUT2D eigenvalue weighted by molar-refractivity contribution is 0.278. The third-order valence-electron chi connectivity index (χ3n) is 2.17. The van der Waals surface area contributed by atoms with E-state index in [1.165, 1.54) is 11.1 Å². The van der Waals surface area contributed by atoms with E-state index in [1.54, 1.807) is 0 Å². The molecular weight excluding hydrogens is 172 g/mol. The summed E-state index contributed by atoms with van der Waals surface area (Å²) < 4.78 is 0. The van der Waals surface area contributed by atoms with E-state index in [2.05, 4.69) is 38.1 Å². The van der Waals surface area contributed by atoms with E-state index in [0.29, 0.717) is 5.92 Å². The predicted molar refractivity (Wildman–Crippen MR) is 62.6 cm³/mol. The molecule has 0 radical (unpaired) electrons. The van der Waals surface area contributed by atoms with Gasteiger partial charge in [0.05, 0.1) is 0 Å². The van der Waals surface area contributed by atoms with Crippen LogP contribution in [0.3, 0.4) is 0 Å². The van der Waals surface area contributed by atoms with E-state index in [4.69, 9.17) is 5.11 Å². The Balaban J connectivity index is 0.000000791. The molecule has 80 valence electrons. The van der Waals surface area contributed by atoms with Gasteiger partial charge < -0.3 is 5.11 Å². The highest BCUT2D eigenvalue weighted by atomic mass is 16.3. The van der Waals surface area contributed by atoms with Crippen LogP contribution >= 0.6 is 0 Å². The second-order valence-electron chi connectivity index (χ2n) is 3.33. The van der Waals surface area contributed by atoms with Crippen molar-refractivity contribution in [2.24, 2.45) is 0 Å². The van der Waals surface area contributed by atoms with Gasteiger partial charge in [-0.15, -0.1) is 0 Å². The first-order valence-electron chi connectivity index (χ1n) is 5.41. The summed E-state index contributed by atoms with van der Waals surface area (Å²) in [4.78, 5) is 0. The van der Waals surface area contributed by atoms with Crippen molar-refractivity contribution < 1.29 is 5.11 Å². The number of aliphatic hydroxyl groups excluding tert-OH is 1. The predicted octanol–water partition coefficient (Wildman–Crippen LogP) is 3.51. The van der Waals surface area contributed by atoms with Gasteiger partial charge in [-0.25, -0.2) is 0 Å². The van der Waals surface area contributed by atoms with Gasteiger partial charge >= 0.3 is 0 Å². The summed E-state index contributed by atoms with van der Waals surface area (Å²) in [5.74, 6) is 0.467. The van der Waals surface area contributed by atoms with Crippen LogP contribution in [0.5, 0.6) is 0 Å². The number of benzene rings is 1. The van der Waals surface area contributed by atoms with Crippen molar-refractivity contribution in [3.8, 4) is 0 Å². The van der Waals surface area contributed by atoms with Crippen LogP contribution in [-0.2, 0) is 0 Å². The first-order chi connectivity index (χ1) is 6.74. The van der Waals surface area contributed by atoms with Crippen LogP contribution in [0.25, 0.3) is 0 Å². The van der Waals surface area contributed by atoms with Crippen molar-refractivity contribution in [2.75, 3.05) is 6.61 Å². The minimum absolute atomic E-state index is 0.273. The van der Waals surface area contributed by atoms with Crippen molar-refractivity contribution in [1.29, 1.82) is 0 Å². The molecule has 0 heterocycles. The maximum absolute atomic E-state index is 8.77. The van der Waals surface area contributed by atoms with Crippen molar-refractivity contribution in [1.82, 2.24) is 0 Å². The molecule has 0 aliphatic carbocycles. The van der Waals surface area contributed by atoms with E-state index in [-0.39, 0.29) is 6.61 Å². The Morgan fingerprint density at radius 1 is 1.29 bits per heavy atom. The van der Waals surface area contributed by atoms with Gasteiger partial charge in [-0.1, -0.05) is 50.6 Å². The van der Waals surface area contributed by atoms with Crippen molar-refractivity contribution in [3.05, 3.63) is 35.4 Å². The highest BCUT2D eigenvalue weighted by Gasteiger charge is 2.03. The van der Waals surface area contributed by atoms with Crippen LogP contribution in [0.1, 0.15) is 44.2 Å². The average molecular weight is 194 g/mol. The van der Waals surface area contributed by atoms with E-state index < -0.39 is 0 Å². The van der Waals surface area contributed by atoms with Crippen LogP contribution in [-0.4, -0.2) is 11.7 Å². The molecule has 0 fully saturated rings. The smallest absolute Gasteiger partial charge is 0.0436 e. The van der Waals surface area contributed by atoms with Crippen LogP contribution in [0.4, 0.5) is 0 Å². The lowest BCUT2D eigenvalue weighted by Gasteiger charge is -2.10. The van der Waals surface area contributed by atoms with Gasteiger partial charge in [-0.05, 0) is 24.8 Å². The average Bonchev–Trinajstić information content (AvgIpc) is 2.21. The molecule has 0 aliphatic rings. The Labute approximate surface area is 87.8 Å². The summed E-state index contributed by atoms with van der Waals surface area (Å²) in [6, 6.07) is 8.46. The van der Waals surface area contributed by atoms with Crippen LogP contribution in [0, 0.1) is 6.92 Å². The van der Waals surface area contributed by atoms with Crippen molar-refractivity contribution >= 4 is 0 Å². The SMILES string of the molecule is CC.Cc1cccc(C(C)CCO)c1. The third kappa shape index (κ3) is 4.43. The second kappa shape index (κ2) is 7.57. The Kier molecular flexibility index (Phi) is 7.13. The molecule has 0 saturated carbocycles. The molecule has 1 nitrogen and oxygen atoms in total. The van der Waals surface area contributed by atoms with Crippen LogP contribution in [0.15, 0.2) is 24.3 Å². The molecule has 1 unspecified atom stereocenters. The number of hydrogen-bond acceptors (Lipinski definition) is 1. The molecule has 0 aromatic heterocycles. The molecule has 1 aromatic carbocycles. The third-order valence-corrected chi connectivity index (χ3v) is 2.17. The fraction of sp³-hybridized carbons (Fsp3) is 0.538. The van der Waals surface area contributed by atoms with Gasteiger partial charge in [0.2, 0.25) is 0 Å². The zero-order chi connectivity index (χ0) is 11.0. The molecular formula is C13H22O. The quantitative estimate of drug-likeness (QED) is 0.780. The fourth-order valence-electron chi connectivity index (χ4n) is 1.34. The number of aliphatic hydroxyl groups is 1. The van der Waals surface area contributed by atoms with Gasteiger partial charge in [0.15, 0.2) is 0 Å². The van der Waals surface area contributed by atoms with Gasteiger partial charge in [0.1, 0.15) is 0 Å². The number of hydrogen-bond donors (Lipinski definition) is 1. The molecule has 1 N–H and O–H groups in total. The Bertz CT molecular complexity index is 243. The van der Waals surface area contributed by atoms with Crippen LogP contribution in [0.2, 0.25) is 0 Å². The van der Waals surface area contributed by atoms with Gasteiger partial charge in [0, 0.05) is 6.61 Å². The first-order valence-corrected chi connectivity index (χ1v) is 5.41. The molecule has 1 atom stereocenters. The maximum Gasteiger partial charge on any atom is 0.0436 e. The highest BCUT2D eigenvalue weighted by molar-refractivity contribution is 5.24. The van der Waals surface area contributed by atoms with E-state index in [9.17, 15) is 0 Å². The lowest BCUT2D eigenvalue weighted by atomic mass is 9.97. The summed E-state index contributed by atoms with van der Waals surface area (Å²) in [6.07, 6.45) is 0.851. The van der Waals surface area contributed by atoms with Gasteiger partial charge in [-0.2, -0.15) is 0 Å². The Morgan fingerprint density at radius 3 is 2.43 bits per heavy atom. The Hall–Kier alpha value is -0.820. The minimum atomic E-state index is 0.273. The second-order valence-corrected chi connectivity index (χ2v) is 3.33. The molecule has 0 saturated heterocycles. The van der Waals surface area contributed by atoms with Crippen LogP contribution < -0.4 is 0 Å². The summed E-state index contributed by atoms with van der Waals surface area (Å²) in [5.41, 5.74) is 2.61. The molecule has 0 amide bonds. The largest absolute Gasteiger partial charge is 0.396 e. The van der Waals surface area contributed by atoms with Crippen molar-refractivity contribution in [3.63, 3.8) is 0 Å². The van der Waals surface area contributed by atoms with Crippen molar-refractivity contribution in [2.45, 2.75) is 40.0 Å². The van der Waals surface area contributed by atoms with Gasteiger partial charge in [-0.3, -0.25) is 0 Å². The first kappa shape index (κ1) is 13.2.